The fraction of sp³-hybridized carbons (Fsp3) is 0.500. The summed E-state index contributed by atoms with van der Waals surface area (Å²) in [5, 5.41) is 8.93. The predicted octanol–water partition coefficient (Wildman–Crippen LogP) is 1.85. The van der Waals surface area contributed by atoms with Gasteiger partial charge in [-0.25, -0.2) is 0 Å². The summed E-state index contributed by atoms with van der Waals surface area (Å²) in [7, 11) is 0. The lowest BCUT2D eigenvalue weighted by molar-refractivity contribution is 0.499. The number of hydrogen-bond donors (Lipinski definition) is 1. The van der Waals surface area contributed by atoms with Crippen LogP contribution in [-0.4, -0.2) is 0 Å². The van der Waals surface area contributed by atoms with Crippen LogP contribution in [0.25, 0.3) is 0 Å². The number of nitrogens with zero attached hydrogens (tertiary/aromatic N) is 1. The van der Waals surface area contributed by atoms with Gasteiger partial charge >= 0.3 is 0 Å². The fourth-order valence-electron chi connectivity index (χ4n) is 2.30. The van der Waals surface area contributed by atoms with E-state index >= 15 is 0 Å². The average molecular weight is 160 g/mol. The Morgan fingerprint density at radius 2 is 2.08 bits per heavy atom. The lowest BCUT2D eigenvalue weighted by Crippen LogP contribution is -2.14. The van der Waals surface area contributed by atoms with Crippen LogP contribution in [0.15, 0.2) is 23.4 Å². The SMILES string of the molecule is N#CC1=C(N)C=CC12CCCC2. The normalized spacial score (nSPS) is 25.2. The van der Waals surface area contributed by atoms with E-state index in [4.69, 9.17) is 11.0 Å². The van der Waals surface area contributed by atoms with Gasteiger partial charge in [-0.05, 0) is 18.9 Å². The monoisotopic (exact) mass is 160 g/mol. The Kier molecular flexibility index (Phi) is 1.47. The van der Waals surface area contributed by atoms with Crippen molar-refractivity contribution in [3.05, 3.63) is 23.4 Å². The van der Waals surface area contributed by atoms with Gasteiger partial charge in [0.15, 0.2) is 0 Å². The molecule has 62 valence electrons. The van der Waals surface area contributed by atoms with Crippen molar-refractivity contribution < 1.29 is 0 Å². The molecule has 1 spiro atoms. The first kappa shape index (κ1) is 7.42. The molecule has 2 heteroatoms. The minimum Gasteiger partial charge on any atom is -0.398 e. The van der Waals surface area contributed by atoms with Gasteiger partial charge in [0.05, 0.1) is 11.6 Å². The molecule has 0 unspecified atom stereocenters. The molecule has 1 saturated carbocycles. The van der Waals surface area contributed by atoms with Gasteiger partial charge < -0.3 is 5.73 Å². The van der Waals surface area contributed by atoms with E-state index in [1.807, 2.05) is 6.08 Å². The Hall–Kier alpha value is -1.23. The summed E-state index contributed by atoms with van der Waals surface area (Å²) in [4.78, 5) is 0. The van der Waals surface area contributed by atoms with Crippen molar-refractivity contribution in [2.75, 3.05) is 0 Å². The molecule has 1 fully saturated rings. The van der Waals surface area contributed by atoms with E-state index in [0.29, 0.717) is 5.70 Å². The number of allylic oxidation sites excluding steroid dienone is 3. The molecule has 2 N–H and O–H groups in total. The maximum atomic E-state index is 8.93. The summed E-state index contributed by atoms with van der Waals surface area (Å²) in [6.07, 6.45) is 8.67. The maximum Gasteiger partial charge on any atom is 0.0978 e. The quantitative estimate of drug-likeness (QED) is 0.588. The zero-order valence-corrected chi connectivity index (χ0v) is 7.01. The molecule has 2 aliphatic carbocycles. The molecule has 0 saturated heterocycles. The molecule has 0 radical (unpaired) electrons. The van der Waals surface area contributed by atoms with Crippen molar-refractivity contribution in [1.29, 1.82) is 5.26 Å². The molecule has 0 heterocycles. The highest BCUT2D eigenvalue weighted by atomic mass is 14.6. The summed E-state index contributed by atoms with van der Waals surface area (Å²) in [6.45, 7) is 0. The van der Waals surface area contributed by atoms with Gasteiger partial charge in [-0.3, -0.25) is 0 Å². The molecule has 0 aromatic rings. The van der Waals surface area contributed by atoms with Crippen LogP contribution < -0.4 is 5.73 Å². The van der Waals surface area contributed by atoms with Crippen molar-refractivity contribution in [3.8, 4) is 6.07 Å². The third-order valence-electron chi connectivity index (χ3n) is 2.98. The van der Waals surface area contributed by atoms with Crippen LogP contribution in [0, 0.1) is 16.7 Å². The smallest absolute Gasteiger partial charge is 0.0978 e. The van der Waals surface area contributed by atoms with Gasteiger partial charge in [-0.15, -0.1) is 0 Å². The Bertz CT molecular complexity index is 298. The van der Waals surface area contributed by atoms with Gasteiger partial charge in [0.2, 0.25) is 0 Å². The highest BCUT2D eigenvalue weighted by Crippen LogP contribution is 2.48. The highest BCUT2D eigenvalue weighted by molar-refractivity contribution is 5.48. The van der Waals surface area contributed by atoms with E-state index in [-0.39, 0.29) is 5.41 Å². The molecular weight excluding hydrogens is 148 g/mol. The number of hydrogen-bond acceptors (Lipinski definition) is 2. The van der Waals surface area contributed by atoms with E-state index in [1.54, 1.807) is 0 Å². The van der Waals surface area contributed by atoms with Gasteiger partial charge in [-0.2, -0.15) is 5.26 Å². The molecule has 2 nitrogen and oxygen atoms in total. The first-order chi connectivity index (χ1) is 5.78. The van der Waals surface area contributed by atoms with E-state index in [0.717, 1.165) is 18.4 Å². The molecule has 12 heavy (non-hydrogen) atoms. The minimum atomic E-state index is 0.0405. The first-order valence-electron chi connectivity index (χ1n) is 4.38. The van der Waals surface area contributed by atoms with E-state index < -0.39 is 0 Å². The van der Waals surface area contributed by atoms with Crippen LogP contribution in [-0.2, 0) is 0 Å². The standard InChI is InChI=1S/C10H12N2/c11-7-8-9(12)3-6-10(8)4-1-2-5-10/h3,6H,1-2,4-5,12H2. The Morgan fingerprint density at radius 3 is 2.67 bits per heavy atom. The van der Waals surface area contributed by atoms with Crippen LogP contribution >= 0.6 is 0 Å². The zero-order valence-electron chi connectivity index (χ0n) is 7.01. The maximum absolute atomic E-state index is 8.93. The summed E-state index contributed by atoms with van der Waals surface area (Å²) in [5.41, 5.74) is 7.24. The third-order valence-corrected chi connectivity index (χ3v) is 2.98. The van der Waals surface area contributed by atoms with Crippen molar-refractivity contribution >= 4 is 0 Å². The van der Waals surface area contributed by atoms with Crippen LogP contribution in [0.4, 0.5) is 0 Å². The Morgan fingerprint density at radius 1 is 1.42 bits per heavy atom. The first-order valence-corrected chi connectivity index (χ1v) is 4.38. The van der Waals surface area contributed by atoms with Crippen molar-refractivity contribution in [3.63, 3.8) is 0 Å². The fourth-order valence-corrected chi connectivity index (χ4v) is 2.30. The number of nitrogens with two attached hydrogens (primary N) is 1. The van der Waals surface area contributed by atoms with Gasteiger partial charge in [0.25, 0.3) is 0 Å². The second-order valence-corrected chi connectivity index (χ2v) is 3.64. The average Bonchev–Trinajstić information content (AvgIpc) is 2.63. The molecule has 0 atom stereocenters. The van der Waals surface area contributed by atoms with Gasteiger partial charge in [0, 0.05) is 11.1 Å². The molecular formula is C10H12N2. The summed E-state index contributed by atoms with van der Waals surface area (Å²) < 4.78 is 0. The van der Waals surface area contributed by atoms with Gasteiger partial charge in [-0.1, -0.05) is 18.9 Å². The largest absolute Gasteiger partial charge is 0.398 e. The molecule has 0 aromatic carbocycles. The van der Waals surface area contributed by atoms with Crippen LogP contribution in [0.5, 0.6) is 0 Å². The Balaban J connectivity index is 2.41. The third kappa shape index (κ3) is 0.797. The lowest BCUT2D eigenvalue weighted by atomic mass is 9.81. The topological polar surface area (TPSA) is 49.8 Å². The van der Waals surface area contributed by atoms with Crippen molar-refractivity contribution in [1.82, 2.24) is 0 Å². The van der Waals surface area contributed by atoms with Crippen LogP contribution in [0.2, 0.25) is 0 Å². The molecule has 2 rings (SSSR count). The second-order valence-electron chi connectivity index (χ2n) is 3.64. The van der Waals surface area contributed by atoms with E-state index in [9.17, 15) is 0 Å². The highest BCUT2D eigenvalue weighted by Gasteiger charge is 2.39. The van der Waals surface area contributed by atoms with Crippen LogP contribution in [0.1, 0.15) is 25.7 Å². The van der Waals surface area contributed by atoms with Crippen LogP contribution in [0.3, 0.4) is 0 Å². The van der Waals surface area contributed by atoms with E-state index in [1.165, 1.54) is 12.8 Å². The van der Waals surface area contributed by atoms with E-state index in [2.05, 4.69) is 12.1 Å². The molecule has 0 bridgehead atoms. The summed E-state index contributed by atoms with van der Waals surface area (Å²) in [5.74, 6) is 0. The zero-order chi connectivity index (χ0) is 8.60. The van der Waals surface area contributed by atoms with Gasteiger partial charge in [0.1, 0.15) is 0 Å². The number of rotatable bonds is 0. The summed E-state index contributed by atoms with van der Waals surface area (Å²) in [6, 6.07) is 2.24. The second kappa shape index (κ2) is 2.38. The van der Waals surface area contributed by atoms with Crippen molar-refractivity contribution in [2.45, 2.75) is 25.7 Å². The predicted molar refractivity (Wildman–Crippen MR) is 46.9 cm³/mol. The minimum absolute atomic E-state index is 0.0405. The number of nitriles is 1. The molecule has 0 aromatic heterocycles. The Labute approximate surface area is 72.4 Å². The molecule has 2 aliphatic rings. The molecule has 0 amide bonds. The summed E-state index contributed by atoms with van der Waals surface area (Å²) >= 11 is 0. The lowest BCUT2D eigenvalue weighted by Gasteiger charge is -2.20. The molecule has 0 aliphatic heterocycles. The van der Waals surface area contributed by atoms with Crippen molar-refractivity contribution in [2.24, 2.45) is 11.1 Å².